The van der Waals surface area contributed by atoms with Gasteiger partial charge in [-0.25, -0.2) is 0 Å². The van der Waals surface area contributed by atoms with Crippen LogP contribution in [0.5, 0.6) is 0 Å². The Morgan fingerprint density at radius 1 is 1.15 bits per heavy atom. The van der Waals surface area contributed by atoms with E-state index in [9.17, 15) is 5.11 Å². The van der Waals surface area contributed by atoms with Crippen molar-refractivity contribution < 1.29 is 5.11 Å². The molecule has 0 saturated heterocycles. The van der Waals surface area contributed by atoms with Crippen LogP contribution in [0, 0.1) is 11.8 Å². The van der Waals surface area contributed by atoms with Gasteiger partial charge in [0.1, 0.15) is 0 Å². The van der Waals surface area contributed by atoms with Crippen molar-refractivity contribution in [1.82, 2.24) is 0 Å². The number of hydrogen-bond acceptors (Lipinski definition) is 1. The third-order valence-corrected chi connectivity index (χ3v) is 4.49. The van der Waals surface area contributed by atoms with E-state index in [0.29, 0.717) is 5.92 Å². The van der Waals surface area contributed by atoms with E-state index in [4.69, 9.17) is 0 Å². The number of hydrogen-bond donors (Lipinski definition) is 1. The first kappa shape index (κ1) is 17.5. The van der Waals surface area contributed by atoms with Crippen molar-refractivity contribution in [2.75, 3.05) is 0 Å². The first-order chi connectivity index (χ1) is 9.49. The lowest BCUT2D eigenvalue weighted by Gasteiger charge is -2.23. The molecule has 0 aromatic carbocycles. The number of allylic oxidation sites excluding steroid dienone is 3. The summed E-state index contributed by atoms with van der Waals surface area (Å²) in [6, 6.07) is 0. The molecule has 0 fully saturated rings. The van der Waals surface area contributed by atoms with Crippen LogP contribution in [0.4, 0.5) is 0 Å². The van der Waals surface area contributed by atoms with Crippen molar-refractivity contribution in [2.45, 2.75) is 85.2 Å². The molecule has 0 radical (unpaired) electrons. The molecule has 116 valence electrons. The summed E-state index contributed by atoms with van der Waals surface area (Å²) < 4.78 is 0. The Kier molecular flexibility index (Phi) is 8.21. The van der Waals surface area contributed by atoms with Gasteiger partial charge in [-0.15, -0.1) is 0 Å². The van der Waals surface area contributed by atoms with Gasteiger partial charge in [0.05, 0.1) is 6.10 Å². The molecule has 2 atom stereocenters. The largest absolute Gasteiger partial charge is 0.389 e. The van der Waals surface area contributed by atoms with Crippen LogP contribution in [0.2, 0.25) is 0 Å². The summed E-state index contributed by atoms with van der Waals surface area (Å²) in [5.41, 5.74) is 2.84. The highest BCUT2D eigenvalue weighted by Gasteiger charge is 2.18. The molecule has 1 aliphatic carbocycles. The monoisotopic (exact) mass is 278 g/mol. The molecule has 1 rings (SSSR count). The lowest BCUT2D eigenvalue weighted by Crippen LogP contribution is -2.19. The Hall–Kier alpha value is -0.560. The molecular weight excluding hydrogens is 244 g/mol. The molecule has 0 amide bonds. The Morgan fingerprint density at radius 2 is 1.90 bits per heavy atom. The molecule has 0 saturated carbocycles. The zero-order chi connectivity index (χ0) is 15.0. The molecule has 1 nitrogen and oxygen atoms in total. The van der Waals surface area contributed by atoms with Gasteiger partial charge in [-0.1, -0.05) is 56.4 Å². The van der Waals surface area contributed by atoms with Crippen LogP contribution in [0.25, 0.3) is 0 Å². The van der Waals surface area contributed by atoms with Gasteiger partial charge in [-0.2, -0.15) is 0 Å². The van der Waals surface area contributed by atoms with E-state index in [1.807, 2.05) is 0 Å². The molecule has 0 heterocycles. The van der Waals surface area contributed by atoms with Gasteiger partial charge in [0.15, 0.2) is 0 Å². The standard InChI is InChI=1S/C19H34O/c1-15(2)8-5-6-11-18-13-12-16(3)9-7-10-17(4)14-19(18)20/h9,14-15,18-20H,5-8,10-13H2,1-4H3/b16-9+,17-14+/t18-,19+/m1/s1. The second-order valence-corrected chi connectivity index (χ2v) is 7.07. The maximum atomic E-state index is 10.5. The molecule has 1 heteroatoms. The molecule has 0 aromatic rings. The quantitative estimate of drug-likeness (QED) is 0.509. The summed E-state index contributed by atoms with van der Waals surface area (Å²) in [5, 5.41) is 10.5. The van der Waals surface area contributed by atoms with Crippen molar-refractivity contribution in [1.29, 1.82) is 0 Å². The summed E-state index contributed by atoms with van der Waals surface area (Å²) in [4.78, 5) is 0. The summed E-state index contributed by atoms with van der Waals surface area (Å²) in [6.45, 7) is 8.98. The van der Waals surface area contributed by atoms with Gasteiger partial charge in [0.25, 0.3) is 0 Å². The summed E-state index contributed by atoms with van der Waals surface area (Å²) in [6.07, 6.45) is 13.8. The summed E-state index contributed by atoms with van der Waals surface area (Å²) >= 11 is 0. The van der Waals surface area contributed by atoms with Gasteiger partial charge >= 0.3 is 0 Å². The molecule has 0 aromatic heterocycles. The van der Waals surface area contributed by atoms with E-state index in [0.717, 1.165) is 31.6 Å². The summed E-state index contributed by atoms with van der Waals surface area (Å²) in [5.74, 6) is 1.25. The van der Waals surface area contributed by atoms with Gasteiger partial charge in [0, 0.05) is 0 Å². The minimum Gasteiger partial charge on any atom is -0.389 e. The highest BCUT2D eigenvalue weighted by Crippen LogP contribution is 2.26. The first-order valence-electron chi connectivity index (χ1n) is 8.50. The Balaban J connectivity index is 2.53. The van der Waals surface area contributed by atoms with E-state index < -0.39 is 0 Å². The lowest BCUT2D eigenvalue weighted by atomic mass is 9.87. The minimum absolute atomic E-state index is 0.236. The fourth-order valence-electron chi connectivity index (χ4n) is 3.02. The molecule has 0 bridgehead atoms. The van der Waals surface area contributed by atoms with E-state index in [-0.39, 0.29) is 6.10 Å². The van der Waals surface area contributed by atoms with Crippen LogP contribution in [0.3, 0.4) is 0 Å². The van der Waals surface area contributed by atoms with E-state index >= 15 is 0 Å². The molecule has 20 heavy (non-hydrogen) atoms. The number of aliphatic hydroxyl groups excluding tert-OH is 1. The van der Waals surface area contributed by atoms with Crippen molar-refractivity contribution in [3.63, 3.8) is 0 Å². The zero-order valence-electron chi connectivity index (χ0n) is 14.0. The molecule has 1 aliphatic rings. The lowest BCUT2D eigenvalue weighted by molar-refractivity contribution is 0.137. The van der Waals surface area contributed by atoms with Crippen LogP contribution >= 0.6 is 0 Å². The predicted molar refractivity (Wildman–Crippen MR) is 88.8 cm³/mol. The molecule has 1 N–H and O–H groups in total. The molecule has 0 unspecified atom stereocenters. The van der Waals surface area contributed by atoms with Gasteiger partial charge in [-0.3, -0.25) is 0 Å². The fraction of sp³-hybridized carbons (Fsp3) is 0.789. The molecular formula is C19H34O. The van der Waals surface area contributed by atoms with Crippen molar-refractivity contribution in [3.8, 4) is 0 Å². The number of unbranched alkanes of at least 4 members (excludes halogenated alkanes) is 1. The highest BCUT2D eigenvalue weighted by atomic mass is 16.3. The first-order valence-corrected chi connectivity index (χ1v) is 8.50. The van der Waals surface area contributed by atoms with Gasteiger partial charge in [-0.05, 0) is 57.8 Å². The average molecular weight is 278 g/mol. The van der Waals surface area contributed by atoms with Crippen LogP contribution < -0.4 is 0 Å². The predicted octanol–water partition coefficient (Wildman–Crippen LogP) is 5.65. The van der Waals surface area contributed by atoms with Crippen LogP contribution in [-0.2, 0) is 0 Å². The minimum atomic E-state index is -0.236. The summed E-state index contributed by atoms with van der Waals surface area (Å²) in [7, 11) is 0. The zero-order valence-corrected chi connectivity index (χ0v) is 14.0. The topological polar surface area (TPSA) is 20.2 Å². The SMILES string of the molecule is C/C1=C\[C@H](O)[C@H](CCCCC(C)C)CC/C(C)=C/CC1. The second kappa shape index (κ2) is 9.39. The smallest absolute Gasteiger partial charge is 0.0751 e. The van der Waals surface area contributed by atoms with Crippen molar-refractivity contribution in [3.05, 3.63) is 23.3 Å². The van der Waals surface area contributed by atoms with E-state index in [2.05, 4.69) is 39.8 Å². The number of aliphatic hydroxyl groups is 1. The van der Waals surface area contributed by atoms with Crippen LogP contribution in [0.1, 0.15) is 79.1 Å². The molecule has 0 aliphatic heterocycles. The van der Waals surface area contributed by atoms with E-state index in [1.54, 1.807) is 0 Å². The third kappa shape index (κ3) is 7.28. The number of rotatable bonds is 5. The maximum Gasteiger partial charge on any atom is 0.0751 e. The van der Waals surface area contributed by atoms with Crippen LogP contribution in [-0.4, -0.2) is 11.2 Å². The van der Waals surface area contributed by atoms with E-state index in [1.165, 1.54) is 36.8 Å². The van der Waals surface area contributed by atoms with Gasteiger partial charge < -0.3 is 5.11 Å². The Bertz CT molecular complexity index is 325. The fourth-order valence-corrected chi connectivity index (χ4v) is 3.02. The van der Waals surface area contributed by atoms with Gasteiger partial charge in [0.2, 0.25) is 0 Å². The Morgan fingerprint density at radius 3 is 2.60 bits per heavy atom. The molecule has 0 spiro atoms. The van der Waals surface area contributed by atoms with Crippen molar-refractivity contribution in [2.24, 2.45) is 11.8 Å². The third-order valence-electron chi connectivity index (χ3n) is 4.49. The second-order valence-electron chi connectivity index (χ2n) is 7.07. The van der Waals surface area contributed by atoms with Crippen molar-refractivity contribution >= 4 is 0 Å². The maximum absolute atomic E-state index is 10.5. The van der Waals surface area contributed by atoms with Crippen LogP contribution in [0.15, 0.2) is 23.3 Å². The normalized spacial score (nSPS) is 30.5. The highest BCUT2D eigenvalue weighted by molar-refractivity contribution is 5.08. The average Bonchev–Trinajstić information content (AvgIpc) is 2.36. The Labute approximate surface area is 126 Å².